The zero-order valence-electron chi connectivity index (χ0n) is 17.1. The summed E-state index contributed by atoms with van der Waals surface area (Å²) in [4.78, 5) is 15.8. The normalized spacial score (nSPS) is 11.1. The molecule has 2 N–H and O–H groups in total. The van der Waals surface area contributed by atoms with Crippen molar-refractivity contribution in [3.63, 3.8) is 0 Å². The number of amides is 1. The zero-order chi connectivity index (χ0) is 20.4. The van der Waals surface area contributed by atoms with E-state index in [4.69, 9.17) is 0 Å². The summed E-state index contributed by atoms with van der Waals surface area (Å²) in [6.07, 6.45) is 3.78. The van der Waals surface area contributed by atoms with Gasteiger partial charge in [-0.05, 0) is 68.1 Å². The number of benzene rings is 2. The van der Waals surface area contributed by atoms with Crippen LogP contribution in [0.25, 0.3) is 16.6 Å². The number of H-pyrrole nitrogens is 1. The van der Waals surface area contributed by atoms with Crippen LogP contribution in [-0.2, 0) is 12.8 Å². The molecule has 4 rings (SSSR count). The number of hydrogen-bond donors (Lipinski definition) is 2. The molecule has 2 aromatic carbocycles. The van der Waals surface area contributed by atoms with Crippen molar-refractivity contribution in [3.05, 3.63) is 82.8 Å². The molecule has 2 heterocycles. The molecule has 5 heteroatoms. The molecule has 0 spiro atoms. The topological polar surface area (TPSA) is 62.7 Å². The first kappa shape index (κ1) is 19.0. The molecule has 0 saturated heterocycles. The molecule has 0 saturated carbocycles. The summed E-state index contributed by atoms with van der Waals surface area (Å²) in [7, 11) is 0. The lowest BCUT2D eigenvalue weighted by atomic mass is 10.1. The Labute approximate surface area is 170 Å². The second-order valence-corrected chi connectivity index (χ2v) is 7.33. The van der Waals surface area contributed by atoms with Crippen LogP contribution in [0.5, 0.6) is 0 Å². The molecule has 4 aromatic rings. The van der Waals surface area contributed by atoms with Crippen LogP contribution in [0, 0.1) is 13.8 Å². The second kappa shape index (κ2) is 7.95. The van der Waals surface area contributed by atoms with Crippen molar-refractivity contribution in [1.82, 2.24) is 20.1 Å². The minimum Gasteiger partial charge on any atom is -0.361 e. The number of para-hydroxylation sites is 1. The molecule has 29 heavy (non-hydrogen) atoms. The van der Waals surface area contributed by atoms with E-state index in [9.17, 15) is 4.79 Å². The molecule has 148 valence electrons. The molecule has 0 aliphatic rings. The number of carbonyl (C=O) groups is 1. The number of nitrogens with zero attached hydrogens (tertiary/aromatic N) is 2. The van der Waals surface area contributed by atoms with Gasteiger partial charge in [0.1, 0.15) is 0 Å². The molecular formula is C24H26N4O. The van der Waals surface area contributed by atoms with Crippen LogP contribution in [0.4, 0.5) is 0 Å². The third-order valence-corrected chi connectivity index (χ3v) is 5.52. The molecule has 1 amide bonds. The largest absolute Gasteiger partial charge is 0.361 e. The quantitative estimate of drug-likeness (QED) is 0.512. The maximum atomic E-state index is 12.5. The standard InChI is InChI=1S/C24H26N4O/c1-4-21-16(2)27-28(17(21)3)20-11-9-18(10-12-20)24(29)25-14-13-19-15-26-23-8-6-5-7-22(19)23/h5-12,15,26H,4,13-14H2,1-3H3,(H,25,29). The number of hydrogen-bond acceptors (Lipinski definition) is 2. The Morgan fingerprint density at radius 1 is 1.10 bits per heavy atom. The lowest BCUT2D eigenvalue weighted by molar-refractivity contribution is 0.0954. The van der Waals surface area contributed by atoms with Crippen LogP contribution in [0.15, 0.2) is 54.7 Å². The number of carbonyl (C=O) groups excluding carboxylic acids is 1. The van der Waals surface area contributed by atoms with Crippen LogP contribution in [0.1, 0.15) is 39.8 Å². The van der Waals surface area contributed by atoms with Crippen molar-refractivity contribution < 1.29 is 4.79 Å². The Morgan fingerprint density at radius 2 is 1.86 bits per heavy atom. The van der Waals surface area contributed by atoms with Crippen molar-refractivity contribution in [2.45, 2.75) is 33.6 Å². The Kier molecular flexibility index (Phi) is 5.21. The number of fused-ring (bicyclic) bond motifs is 1. The Balaban J connectivity index is 1.41. The van der Waals surface area contributed by atoms with Gasteiger partial charge < -0.3 is 10.3 Å². The first-order chi connectivity index (χ1) is 14.1. The first-order valence-electron chi connectivity index (χ1n) is 10.1. The highest BCUT2D eigenvalue weighted by Crippen LogP contribution is 2.19. The monoisotopic (exact) mass is 386 g/mol. The molecule has 2 aromatic heterocycles. The lowest BCUT2D eigenvalue weighted by Gasteiger charge is -2.08. The van der Waals surface area contributed by atoms with Crippen molar-refractivity contribution >= 4 is 16.8 Å². The van der Waals surface area contributed by atoms with E-state index in [1.54, 1.807) is 0 Å². The van der Waals surface area contributed by atoms with E-state index in [2.05, 4.69) is 41.4 Å². The van der Waals surface area contributed by atoms with E-state index in [0.717, 1.165) is 35.4 Å². The molecular weight excluding hydrogens is 360 g/mol. The van der Waals surface area contributed by atoms with Crippen molar-refractivity contribution in [2.24, 2.45) is 0 Å². The third-order valence-electron chi connectivity index (χ3n) is 5.52. The average Bonchev–Trinajstić information content (AvgIpc) is 3.28. The van der Waals surface area contributed by atoms with E-state index in [-0.39, 0.29) is 5.91 Å². The van der Waals surface area contributed by atoms with Gasteiger partial charge in [0.15, 0.2) is 0 Å². The van der Waals surface area contributed by atoms with E-state index >= 15 is 0 Å². The molecule has 5 nitrogen and oxygen atoms in total. The number of aromatic nitrogens is 3. The second-order valence-electron chi connectivity index (χ2n) is 7.33. The van der Waals surface area contributed by atoms with Gasteiger partial charge in [-0.2, -0.15) is 5.10 Å². The summed E-state index contributed by atoms with van der Waals surface area (Å²) in [6.45, 7) is 6.87. The first-order valence-corrected chi connectivity index (χ1v) is 10.1. The average molecular weight is 386 g/mol. The van der Waals surface area contributed by atoms with Crippen LogP contribution in [0.2, 0.25) is 0 Å². The van der Waals surface area contributed by atoms with Crippen molar-refractivity contribution in [1.29, 1.82) is 0 Å². The smallest absolute Gasteiger partial charge is 0.251 e. The fraction of sp³-hybridized carbons (Fsp3) is 0.250. The summed E-state index contributed by atoms with van der Waals surface area (Å²) < 4.78 is 1.95. The summed E-state index contributed by atoms with van der Waals surface area (Å²) in [5.41, 5.74) is 7.46. The number of aryl methyl sites for hydroxylation is 1. The number of aromatic amines is 1. The Hall–Kier alpha value is -3.34. The molecule has 0 atom stereocenters. The van der Waals surface area contributed by atoms with Gasteiger partial charge in [-0.15, -0.1) is 0 Å². The van der Waals surface area contributed by atoms with Gasteiger partial charge in [0.25, 0.3) is 5.91 Å². The van der Waals surface area contributed by atoms with Gasteiger partial charge in [0, 0.05) is 34.9 Å². The van der Waals surface area contributed by atoms with E-state index in [0.29, 0.717) is 12.1 Å². The molecule has 0 fully saturated rings. The number of nitrogens with one attached hydrogen (secondary N) is 2. The van der Waals surface area contributed by atoms with Crippen molar-refractivity contribution in [3.8, 4) is 5.69 Å². The van der Waals surface area contributed by atoms with Gasteiger partial charge >= 0.3 is 0 Å². The lowest BCUT2D eigenvalue weighted by Crippen LogP contribution is -2.25. The fourth-order valence-corrected chi connectivity index (χ4v) is 3.94. The molecule has 0 bridgehead atoms. The summed E-state index contributed by atoms with van der Waals surface area (Å²) in [5, 5.41) is 8.87. The van der Waals surface area contributed by atoms with Crippen LogP contribution in [0.3, 0.4) is 0 Å². The molecule has 0 aliphatic heterocycles. The minimum absolute atomic E-state index is 0.0565. The van der Waals surface area contributed by atoms with Crippen LogP contribution in [-0.4, -0.2) is 27.2 Å². The maximum absolute atomic E-state index is 12.5. The molecule has 0 radical (unpaired) electrons. The van der Waals surface area contributed by atoms with Crippen molar-refractivity contribution in [2.75, 3.05) is 6.54 Å². The summed E-state index contributed by atoms with van der Waals surface area (Å²) >= 11 is 0. The molecule has 0 aliphatic carbocycles. The van der Waals surface area contributed by atoms with Gasteiger partial charge in [0.2, 0.25) is 0 Å². The van der Waals surface area contributed by atoms with Gasteiger partial charge in [-0.1, -0.05) is 25.1 Å². The SMILES string of the molecule is CCc1c(C)nn(-c2ccc(C(=O)NCCc3c[nH]c4ccccc34)cc2)c1C. The maximum Gasteiger partial charge on any atom is 0.251 e. The summed E-state index contributed by atoms with van der Waals surface area (Å²) in [6, 6.07) is 15.8. The highest BCUT2D eigenvalue weighted by atomic mass is 16.1. The van der Waals surface area contributed by atoms with E-state index in [1.165, 1.54) is 16.5 Å². The Morgan fingerprint density at radius 3 is 2.59 bits per heavy atom. The van der Waals surface area contributed by atoms with Gasteiger partial charge in [-0.25, -0.2) is 4.68 Å². The van der Waals surface area contributed by atoms with Crippen LogP contribution >= 0.6 is 0 Å². The third kappa shape index (κ3) is 3.68. The van der Waals surface area contributed by atoms with E-state index in [1.807, 2.05) is 54.2 Å². The minimum atomic E-state index is -0.0565. The summed E-state index contributed by atoms with van der Waals surface area (Å²) in [5.74, 6) is -0.0565. The highest BCUT2D eigenvalue weighted by Gasteiger charge is 2.12. The number of rotatable bonds is 6. The van der Waals surface area contributed by atoms with Gasteiger partial charge in [0.05, 0.1) is 11.4 Å². The fourth-order valence-electron chi connectivity index (χ4n) is 3.94. The molecule has 0 unspecified atom stereocenters. The highest BCUT2D eigenvalue weighted by molar-refractivity contribution is 5.94. The predicted molar refractivity (Wildman–Crippen MR) is 117 cm³/mol. The predicted octanol–water partition coefficient (Wildman–Crippen LogP) is 4.51. The van der Waals surface area contributed by atoms with E-state index < -0.39 is 0 Å². The Bertz CT molecular complexity index is 1150. The van der Waals surface area contributed by atoms with Crippen LogP contribution < -0.4 is 5.32 Å². The van der Waals surface area contributed by atoms with Gasteiger partial charge in [-0.3, -0.25) is 4.79 Å². The zero-order valence-corrected chi connectivity index (χ0v) is 17.1.